The first-order chi connectivity index (χ1) is 6.55. The topological polar surface area (TPSA) is 89.5 Å². The lowest BCUT2D eigenvalue weighted by molar-refractivity contribution is -0.904. The lowest BCUT2D eigenvalue weighted by atomic mass is 9.99. The van der Waals surface area contributed by atoms with E-state index in [9.17, 15) is 14.7 Å². The molecule has 0 aromatic carbocycles. The third kappa shape index (κ3) is 3.85. The second-order valence-corrected chi connectivity index (χ2v) is 4.18. The maximum atomic E-state index is 10.7. The van der Waals surface area contributed by atoms with Crippen LogP contribution in [0.3, 0.4) is 0 Å². The smallest absolute Gasteiger partial charge is 0.371 e. The van der Waals surface area contributed by atoms with Gasteiger partial charge < -0.3 is 24.8 Å². The molecule has 0 rings (SSSR count). The molecule has 0 fully saturated rings. The fourth-order valence-electron chi connectivity index (χ4n) is 0.648. The number of quaternary nitrogens is 1. The Bertz CT molecular complexity index is 219. The van der Waals surface area contributed by atoms with Crippen LogP contribution in [-0.2, 0) is 9.59 Å². The van der Waals surface area contributed by atoms with Crippen LogP contribution >= 0.6 is 0 Å². The predicted molar refractivity (Wildman–Crippen MR) is 54.1 cm³/mol. The number of likely N-dealkylation sites (N-methyl/N-ethyl adjacent to an activating group) is 1. The van der Waals surface area contributed by atoms with Gasteiger partial charge in [-0.1, -0.05) is 0 Å². The van der Waals surface area contributed by atoms with Gasteiger partial charge in [-0.15, -0.1) is 0 Å². The summed E-state index contributed by atoms with van der Waals surface area (Å²) in [6.07, 6.45) is 0. The van der Waals surface area contributed by atoms with Crippen LogP contribution in [0.5, 0.6) is 0 Å². The molecule has 0 aliphatic carbocycles. The Kier molecular flexibility index (Phi) is 6.16. The van der Waals surface area contributed by atoms with Crippen LogP contribution in [0.25, 0.3) is 0 Å². The van der Waals surface area contributed by atoms with Crippen LogP contribution in [0, 0.1) is 0 Å². The number of carbonyl (C=O) groups excluding carboxylic acids is 1. The number of carboxylic acids is 2. The van der Waals surface area contributed by atoms with Crippen LogP contribution in [0.4, 0.5) is 0 Å². The molecule has 0 saturated heterocycles. The molecule has 6 heteroatoms. The van der Waals surface area contributed by atoms with Crippen LogP contribution in [0.2, 0.25) is 0 Å². The van der Waals surface area contributed by atoms with Gasteiger partial charge in [-0.25, -0.2) is 4.79 Å². The zero-order chi connectivity index (χ0) is 12.9. The number of nitrogens with one attached hydrogen (secondary N) is 1. The molecular formula is C9H20N2O4. The fraction of sp³-hybridized carbons (Fsp3) is 0.778. The first kappa shape index (κ1) is 16.3. The minimum absolute atomic E-state index is 0.218. The van der Waals surface area contributed by atoms with E-state index in [4.69, 9.17) is 5.11 Å². The van der Waals surface area contributed by atoms with Crippen molar-refractivity contribution in [3.8, 4) is 0 Å². The maximum Gasteiger partial charge on any atom is 0.371 e. The van der Waals surface area contributed by atoms with E-state index >= 15 is 0 Å². The summed E-state index contributed by atoms with van der Waals surface area (Å²) in [6.45, 7) is 1.13. The van der Waals surface area contributed by atoms with E-state index in [1.165, 1.54) is 21.1 Å². The van der Waals surface area contributed by atoms with Gasteiger partial charge in [0.25, 0.3) is 0 Å². The average molecular weight is 220 g/mol. The van der Waals surface area contributed by atoms with Gasteiger partial charge in [0.05, 0.1) is 21.1 Å². The highest BCUT2D eigenvalue weighted by atomic mass is 16.4. The summed E-state index contributed by atoms with van der Waals surface area (Å²) >= 11 is 0. The zero-order valence-corrected chi connectivity index (χ0v) is 10.1. The normalized spacial score (nSPS) is 14.5. The Balaban J connectivity index is 0. The Labute approximate surface area is 90.1 Å². The van der Waals surface area contributed by atoms with E-state index < -0.39 is 17.5 Å². The van der Waals surface area contributed by atoms with Crippen LogP contribution in [0.15, 0.2) is 0 Å². The van der Waals surface area contributed by atoms with Crippen LogP contribution < -0.4 is 10.4 Å². The molecule has 0 radical (unpaired) electrons. The van der Waals surface area contributed by atoms with Crippen molar-refractivity contribution in [2.75, 3.05) is 35.2 Å². The van der Waals surface area contributed by atoms with Crippen molar-refractivity contribution in [1.82, 2.24) is 5.32 Å². The number of hydrogen-bond donors (Lipinski definition) is 2. The van der Waals surface area contributed by atoms with E-state index in [0.29, 0.717) is 0 Å². The number of aliphatic carboxylic acids is 2. The first-order valence-electron chi connectivity index (χ1n) is 4.40. The fourth-order valence-corrected chi connectivity index (χ4v) is 0.648. The highest BCUT2D eigenvalue weighted by molar-refractivity contribution is 6.00. The summed E-state index contributed by atoms with van der Waals surface area (Å²) in [7, 11) is 8.22. The number of carboxylic acid groups (broad SMARTS) is 2. The van der Waals surface area contributed by atoms with Crippen molar-refractivity contribution < 1.29 is 24.3 Å². The van der Waals surface area contributed by atoms with Gasteiger partial charge >= 0.3 is 5.97 Å². The van der Waals surface area contributed by atoms with E-state index in [2.05, 4.69) is 5.32 Å². The van der Waals surface area contributed by atoms with Gasteiger partial charge in [0.1, 0.15) is 5.97 Å². The van der Waals surface area contributed by atoms with Gasteiger partial charge in [0.2, 0.25) is 5.54 Å². The summed E-state index contributed by atoms with van der Waals surface area (Å²) in [6, 6.07) is 0. The monoisotopic (exact) mass is 220 g/mol. The van der Waals surface area contributed by atoms with E-state index in [1.807, 2.05) is 14.1 Å². The molecule has 0 aliphatic rings. The van der Waals surface area contributed by atoms with Crippen molar-refractivity contribution in [2.45, 2.75) is 12.5 Å². The molecule has 1 atom stereocenters. The highest BCUT2D eigenvalue weighted by Crippen LogP contribution is 2.17. The molecular weight excluding hydrogens is 200 g/mol. The summed E-state index contributed by atoms with van der Waals surface area (Å²) in [5, 5.41) is 22.1. The molecule has 0 saturated carbocycles. The zero-order valence-electron chi connectivity index (χ0n) is 10.1. The van der Waals surface area contributed by atoms with Crippen molar-refractivity contribution in [3.05, 3.63) is 0 Å². The summed E-state index contributed by atoms with van der Waals surface area (Å²) in [5.74, 6) is -2.97. The molecule has 0 aromatic heterocycles. The predicted octanol–water partition coefficient (Wildman–Crippen LogP) is -1.88. The lowest BCUT2D eigenvalue weighted by Crippen LogP contribution is -2.68. The molecule has 0 amide bonds. The van der Waals surface area contributed by atoms with Gasteiger partial charge in [-0.3, -0.25) is 0 Å². The van der Waals surface area contributed by atoms with Gasteiger partial charge in [0, 0.05) is 6.92 Å². The third-order valence-corrected chi connectivity index (χ3v) is 2.16. The number of nitrogens with zero attached hydrogens (tertiary/aromatic N) is 1. The molecule has 15 heavy (non-hydrogen) atoms. The number of rotatable bonds is 3. The molecule has 0 bridgehead atoms. The minimum Gasteiger partial charge on any atom is -0.543 e. The largest absolute Gasteiger partial charge is 0.543 e. The van der Waals surface area contributed by atoms with Gasteiger partial charge in [-0.05, 0) is 14.1 Å². The Morgan fingerprint density at radius 3 is 1.53 bits per heavy atom. The van der Waals surface area contributed by atoms with Crippen molar-refractivity contribution >= 4 is 11.9 Å². The number of carbonyl (C=O) groups is 2. The Morgan fingerprint density at radius 2 is 1.53 bits per heavy atom. The maximum absolute atomic E-state index is 10.7. The van der Waals surface area contributed by atoms with Crippen molar-refractivity contribution in [2.24, 2.45) is 0 Å². The standard InChI is InChI=1S/C7H13NO4.C2H7N/c1-7(5(9)10,6(11)12)8(2,3)4;1-3-2/h1-4H3,(H-,9,10,11,12);3H,1-2H3. The summed E-state index contributed by atoms with van der Waals surface area (Å²) in [4.78, 5) is 21.3. The molecule has 0 aliphatic heterocycles. The summed E-state index contributed by atoms with van der Waals surface area (Å²) < 4.78 is -0.218. The molecule has 90 valence electrons. The van der Waals surface area contributed by atoms with Crippen LogP contribution in [0.1, 0.15) is 6.92 Å². The van der Waals surface area contributed by atoms with E-state index in [0.717, 1.165) is 6.92 Å². The van der Waals surface area contributed by atoms with Crippen molar-refractivity contribution in [3.63, 3.8) is 0 Å². The molecule has 2 N–H and O–H groups in total. The van der Waals surface area contributed by atoms with Gasteiger partial charge in [0.15, 0.2) is 0 Å². The average Bonchev–Trinajstić information content (AvgIpc) is 2.01. The number of hydrogen-bond acceptors (Lipinski definition) is 4. The second kappa shape index (κ2) is 5.67. The lowest BCUT2D eigenvalue weighted by Gasteiger charge is -2.40. The van der Waals surface area contributed by atoms with E-state index in [-0.39, 0.29) is 4.48 Å². The Hall–Kier alpha value is -1.14. The molecule has 0 heterocycles. The molecule has 0 aromatic rings. The SMILES string of the molecule is CC(C(=O)[O-])(C(=O)O)[N+](C)(C)C.CNC. The van der Waals surface area contributed by atoms with Crippen molar-refractivity contribution in [1.29, 1.82) is 0 Å². The van der Waals surface area contributed by atoms with Gasteiger partial charge in [-0.2, -0.15) is 0 Å². The highest BCUT2D eigenvalue weighted by Gasteiger charge is 2.47. The molecule has 6 nitrogen and oxygen atoms in total. The first-order valence-corrected chi connectivity index (χ1v) is 4.40. The molecule has 1 unspecified atom stereocenters. The second-order valence-electron chi connectivity index (χ2n) is 4.18. The van der Waals surface area contributed by atoms with Crippen LogP contribution in [-0.4, -0.2) is 62.3 Å². The molecule has 0 spiro atoms. The quantitative estimate of drug-likeness (QED) is 0.429. The third-order valence-electron chi connectivity index (χ3n) is 2.16. The Morgan fingerprint density at radius 1 is 1.27 bits per heavy atom. The van der Waals surface area contributed by atoms with E-state index in [1.54, 1.807) is 0 Å². The minimum atomic E-state index is -1.90. The summed E-state index contributed by atoms with van der Waals surface area (Å²) in [5.41, 5.74) is -1.90.